The van der Waals surface area contributed by atoms with Crippen molar-refractivity contribution in [3.63, 3.8) is 0 Å². The van der Waals surface area contributed by atoms with Gasteiger partial charge < -0.3 is 20.2 Å². The van der Waals surface area contributed by atoms with Crippen LogP contribution in [0.2, 0.25) is 0 Å². The lowest BCUT2D eigenvalue weighted by molar-refractivity contribution is -0.121. The highest BCUT2D eigenvalue weighted by atomic mass is 16.4. The van der Waals surface area contributed by atoms with E-state index in [4.69, 9.17) is 4.42 Å². The van der Waals surface area contributed by atoms with Gasteiger partial charge >= 0.3 is 0 Å². The Kier molecular flexibility index (Phi) is 6.41. The van der Waals surface area contributed by atoms with Crippen LogP contribution in [0.3, 0.4) is 0 Å². The molecule has 3 aromatic rings. The first kappa shape index (κ1) is 19.2. The lowest BCUT2D eigenvalue weighted by Gasteiger charge is -2.07. The molecule has 0 bridgehead atoms. The summed E-state index contributed by atoms with van der Waals surface area (Å²) in [6.45, 7) is 0.631. The van der Waals surface area contributed by atoms with E-state index in [2.05, 4.69) is 15.6 Å². The summed E-state index contributed by atoms with van der Waals surface area (Å²) in [7, 11) is 0. The number of amides is 2. The van der Waals surface area contributed by atoms with Crippen LogP contribution >= 0.6 is 0 Å². The molecule has 0 saturated carbocycles. The van der Waals surface area contributed by atoms with Gasteiger partial charge in [0.25, 0.3) is 5.91 Å². The smallest absolute Gasteiger partial charge is 0.251 e. The number of hydrogen-bond donors (Lipinski definition) is 3. The molecule has 1 heterocycles. The summed E-state index contributed by atoms with van der Waals surface area (Å²) in [6, 6.07) is 15.6. The lowest BCUT2D eigenvalue weighted by Crippen LogP contribution is -2.34. The van der Waals surface area contributed by atoms with Crippen molar-refractivity contribution >= 4 is 11.8 Å². The van der Waals surface area contributed by atoms with E-state index < -0.39 is 0 Å². The molecule has 0 unspecified atom stereocenters. The minimum atomic E-state index is -0.262. The number of phenolic OH excluding ortho intramolecular Hbond substituents is 1. The first-order valence-corrected chi connectivity index (χ1v) is 8.96. The summed E-state index contributed by atoms with van der Waals surface area (Å²) in [4.78, 5) is 28.0. The minimum Gasteiger partial charge on any atom is -0.508 e. The third kappa shape index (κ3) is 5.44. The maximum Gasteiger partial charge on any atom is 0.251 e. The number of aromatic hydroxyl groups is 1. The van der Waals surface area contributed by atoms with E-state index in [1.165, 1.54) is 24.3 Å². The molecule has 2 amide bonds. The van der Waals surface area contributed by atoms with Crippen molar-refractivity contribution in [2.75, 3.05) is 13.1 Å². The third-order valence-corrected chi connectivity index (χ3v) is 4.04. The molecular formula is C21H21N3O4. The SMILES string of the molecule is O=C(CCc1ncc(-c2ccccc2)o1)NCCNC(=O)c1ccc(O)cc1. The highest BCUT2D eigenvalue weighted by Crippen LogP contribution is 2.20. The fourth-order valence-corrected chi connectivity index (χ4v) is 2.56. The second kappa shape index (κ2) is 9.36. The number of nitrogens with one attached hydrogen (secondary N) is 2. The summed E-state index contributed by atoms with van der Waals surface area (Å²) in [6.07, 6.45) is 2.31. The number of oxazole rings is 1. The number of carbonyl (C=O) groups is 2. The van der Waals surface area contributed by atoms with Gasteiger partial charge in [0, 0.05) is 37.1 Å². The molecule has 3 N–H and O–H groups in total. The number of carbonyl (C=O) groups excluding carboxylic acids is 2. The number of aromatic nitrogens is 1. The second-order valence-electron chi connectivity index (χ2n) is 6.14. The molecule has 0 spiro atoms. The van der Waals surface area contributed by atoms with Crippen molar-refractivity contribution in [1.29, 1.82) is 0 Å². The van der Waals surface area contributed by atoms with Gasteiger partial charge in [-0.15, -0.1) is 0 Å². The maximum atomic E-state index is 11.9. The predicted octanol–water partition coefficient (Wildman–Crippen LogP) is 2.53. The van der Waals surface area contributed by atoms with Gasteiger partial charge in [0.1, 0.15) is 5.75 Å². The van der Waals surface area contributed by atoms with Gasteiger partial charge in [-0.25, -0.2) is 4.98 Å². The summed E-state index contributed by atoms with van der Waals surface area (Å²) in [5.41, 5.74) is 1.39. The molecule has 1 aromatic heterocycles. The zero-order valence-corrected chi connectivity index (χ0v) is 15.2. The van der Waals surface area contributed by atoms with Crippen molar-refractivity contribution in [2.45, 2.75) is 12.8 Å². The van der Waals surface area contributed by atoms with Gasteiger partial charge in [-0.1, -0.05) is 30.3 Å². The van der Waals surface area contributed by atoms with Crippen molar-refractivity contribution in [2.24, 2.45) is 0 Å². The largest absolute Gasteiger partial charge is 0.508 e. The molecule has 7 nitrogen and oxygen atoms in total. The number of aryl methyl sites for hydroxylation is 1. The molecule has 0 saturated heterocycles. The standard InChI is InChI=1S/C21H21N3O4/c25-17-8-6-16(7-9-17)21(27)23-13-12-22-19(26)10-11-20-24-14-18(28-20)15-4-2-1-3-5-15/h1-9,14,25H,10-13H2,(H,22,26)(H,23,27). The fourth-order valence-electron chi connectivity index (χ4n) is 2.56. The van der Waals surface area contributed by atoms with Crippen LogP contribution in [0.5, 0.6) is 5.75 Å². The van der Waals surface area contributed by atoms with Gasteiger partial charge in [-0.3, -0.25) is 9.59 Å². The number of hydrogen-bond acceptors (Lipinski definition) is 5. The zero-order valence-electron chi connectivity index (χ0n) is 15.2. The Morgan fingerprint density at radius 3 is 2.43 bits per heavy atom. The quantitative estimate of drug-likeness (QED) is 0.522. The van der Waals surface area contributed by atoms with Gasteiger partial charge in [0.05, 0.1) is 6.20 Å². The molecule has 0 radical (unpaired) electrons. The third-order valence-electron chi connectivity index (χ3n) is 4.04. The maximum absolute atomic E-state index is 11.9. The van der Waals surface area contributed by atoms with Crippen molar-refractivity contribution in [3.05, 3.63) is 72.2 Å². The molecule has 0 aliphatic rings. The van der Waals surface area contributed by atoms with Crippen molar-refractivity contribution in [1.82, 2.24) is 15.6 Å². The zero-order chi connectivity index (χ0) is 19.8. The summed E-state index contributed by atoms with van der Waals surface area (Å²) < 4.78 is 5.67. The van der Waals surface area contributed by atoms with Gasteiger partial charge in [-0.2, -0.15) is 0 Å². The van der Waals surface area contributed by atoms with E-state index in [0.29, 0.717) is 36.7 Å². The monoisotopic (exact) mass is 379 g/mol. The highest BCUT2D eigenvalue weighted by Gasteiger charge is 2.09. The van der Waals surface area contributed by atoms with E-state index in [1.807, 2.05) is 30.3 Å². The predicted molar refractivity (Wildman–Crippen MR) is 104 cm³/mol. The van der Waals surface area contributed by atoms with E-state index >= 15 is 0 Å². The van der Waals surface area contributed by atoms with E-state index in [0.717, 1.165) is 5.56 Å². The molecule has 0 fully saturated rings. The van der Waals surface area contributed by atoms with Crippen LogP contribution in [0.4, 0.5) is 0 Å². The topological polar surface area (TPSA) is 104 Å². The van der Waals surface area contributed by atoms with E-state index in [-0.39, 0.29) is 24.0 Å². The van der Waals surface area contributed by atoms with Crippen LogP contribution in [0.1, 0.15) is 22.7 Å². The Morgan fingerprint density at radius 1 is 0.964 bits per heavy atom. The second-order valence-corrected chi connectivity index (χ2v) is 6.14. The minimum absolute atomic E-state index is 0.103. The van der Waals surface area contributed by atoms with Crippen LogP contribution in [0.25, 0.3) is 11.3 Å². The van der Waals surface area contributed by atoms with Crippen LogP contribution in [0, 0.1) is 0 Å². The molecule has 3 rings (SSSR count). The molecule has 0 atom stereocenters. The van der Waals surface area contributed by atoms with Crippen LogP contribution in [0.15, 0.2) is 65.2 Å². The number of benzene rings is 2. The van der Waals surface area contributed by atoms with Crippen molar-refractivity contribution < 1.29 is 19.1 Å². The van der Waals surface area contributed by atoms with Crippen LogP contribution in [-0.4, -0.2) is 35.0 Å². The van der Waals surface area contributed by atoms with E-state index in [9.17, 15) is 14.7 Å². The number of nitrogens with zero attached hydrogens (tertiary/aromatic N) is 1. The Labute approximate surface area is 162 Å². The first-order valence-electron chi connectivity index (χ1n) is 8.96. The molecule has 0 aliphatic heterocycles. The molecule has 0 aliphatic carbocycles. The van der Waals surface area contributed by atoms with Crippen molar-refractivity contribution in [3.8, 4) is 17.1 Å². The Morgan fingerprint density at radius 2 is 1.68 bits per heavy atom. The summed E-state index contributed by atoms with van der Waals surface area (Å²) in [5, 5.41) is 14.7. The average molecular weight is 379 g/mol. The van der Waals surface area contributed by atoms with Crippen LogP contribution in [-0.2, 0) is 11.2 Å². The highest BCUT2D eigenvalue weighted by molar-refractivity contribution is 5.94. The normalized spacial score (nSPS) is 10.4. The number of phenols is 1. The molecule has 144 valence electrons. The molecule has 7 heteroatoms. The van der Waals surface area contributed by atoms with Gasteiger partial charge in [0.2, 0.25) is 5.91 Å². The Hall–Kier alpha value is -3.61. The fraction of sp³-hybridized carbons (Fsp3) is 0.190. The Bertz CT molecular complexity index is 920. The molecule has 2 aromatic carbocycles. The number of rotatable bonds is 8. The van der Waals surface area contributed by atoms with E-state index in [1.54, 1.807) is 6.20 Å². The van der Waals surface area contributed by atoms with Gasteiger partial charge in [0.15, 0.2) is 11.7 Å². The summed E-state index contributed by atoms with van der Waals surface area (Å²) in [5.74, 6) is 0.883. The molecular weight excluding hydrogens is 358 g/mol. The molecule has 28 heavy (non-hydrogen) atoms. The summed E-state index contributed by atoms with van der Waals surface area (Å²) >= 11 is 0. The lowest BCUT2D eigenvalue weighted by atomic mass is 10.2. The van der Waals surface area contributed by atoms with Crippen LogP contribution < -0.4 is 10.6 Å². The van der Waals surface area contributed by atoms with Gasteiger partial charge in [-0.05, 0) is 24.3 Å². The Balaban J connectivity index is 1.35. The first-order chi connectivity index (χ1) is 13.6. The average Bonchev–Trinajstić information content (AvgIpc) is 3.20.